The summed E-state index contributed by atoms with van der Waals surface area (Å²) >= 11 is 0. The van der Waals surface area contributed by atoms with Crippen LogP contribution in [0, 0.1) is 28.1 Å². The van der Waals surface area contributed by atoms with E-state index in [1.165, 1.54) is 25.3 Å². The first-order chi connectivity index (χ1) is 12.1. The lowest BCUT2D eigenvalue weighted by Gasteiger charge is -2.60. The fourth-order valence-electron chi connectivity index (χ4n) is 6.47. The van der Waals surface area contributed by atoms with Crippen LogP contribution in [0.4, 0.5) is 0 Å². The summed E-state index contributed by atoms with van der Waals surface area (Å²) in [6, 6.07) is 0. The van der Waals surface area contributed by atoms with Crippen LogP contribution in [-0.4, -0.2) is 30.1 Å². The van der Waals surface area contributed by atoms with E-state index in [4.69, 9.17) is 4.74 Å². The van der Waals surface area contributed by atoms with Gasteiger partial charge in [0.15, 0.2) is 5.78 Å². The Labute approximate surface area is 157 Å². The lowest BCUT2D eigenvalue weighted by molar-refractivity contribution is -0.153. The minimum absolute atomic E-state index is 0.0475. The molecule has 4 nitrogen and oxygen atoms in total. The van der Waals surface area contributed by atoms with Crippen LogP contribution in [0.25, 0.3) is 0 Å². The number of ether oxygens (including phenoxy) is 1. The SMILES string of the molecule is CC(=O)OC[C@@]1(C)CCCC2(C)[C@@H]3CC[C@](C)(C(=O)CO)C=C3CC[C@@H]21. The number of esters is 1. The van der Waals surface area contributed by atoms with Crippen LogP contribution in [0.2, 0.25) is 0 Å². The Morgan fingerprint density at radius 3 is 2.58 bits per heavy atom. The van der Waals surface area contributed by atoms with Gasteiger partial charge in [0.05, 0.1) is 6.61 Å². The molecular weight excluding hydrogens is 328 g/mol. The Morgan fingerprint density at radius 1 is 1.19 bits per heavy atom. The molecule has 0 amide bonds. The van der Waals surface area contributed by atoms with Crippen LogP contribution in [0.15, 0.2) is 11.6 Å². The van der Waals surface area contributed by atoms with Gasteiger partial charge in [0.2, 0.25) is 0 Å². The average molecular weight is 363 g/mol. The lowest BCUT2D eigenvalue weighted by atomic mass is 9.45. The molecule has 3 aliphatic carbocycles. The molecule has 3 aliphatic rings. The maximum Gasteiger partial charge on any atom is 0.302 e. The van der Waals surface area contributed by atoms with Crippen molar-refractivity contribution in [3.63, 3.8) is 0 Å². The fraction of sp³-hybridized carbons (Fsp3) is 0.818. The van der Waals surface area contributed by atoms with Gasteiger partial charge in [0.25, 0.3) is 0 Å². The minimum atomic E-state index is -0.501. The second-order valence-electron chi connectivity index (χ2n) is 9.69. The molecule has 0 aromatic carbocycles. The van der Waals surface area contributed by atoms with Crippen molar-refractivity contribution in [3.05, 3.63) is 11.6 Å². The molecule has 0 radical (unpaired) electrons. The molecule has 0 bridgehead atoms. The van der Waals surface area contributed by atoms with Crippen LogP contribution >= 0.6 is 0 Å². The van der Waals surface area contributed by atoms with Crippen LogP contribution in [0.5, 0.6) is 0 Å². The number of rotatable bonds is 4. The molecule has 4 heteroatoms. The number of aliphatic hydroxyl groups is 1. The summed E-state index contributed by atoms with van der Waals surface area (Å²) < 4.78 is 5.47. The van der Waals surface area contributed by atoms with E-state index in [1.54, 1.807) is 0 Å². The molecule has 0 spiro atoms. The van der Waals surface area contributed by atoms with E-state index in [9.17, 15) is 14.7 Å². The first-order valence-corrected chi connectivity index (χ1v) is 10.1. The van der Waals surface area contributed by atoms with Crippen LogP contribution in [0.1, 0.15) is 72.6 Å². The van der Waals surface area contributed by atoms with Gasteiger partial charge in [0.1, 0.15) is 6.61 Å². The Bertz CT molecular complexity index is 624. The van der Waals surface area contributed by atoms with Crippen molar-refractivity contribution in [2.24, 2.45) is 28.1 Å². The topological polar surface area (TPSA) is 63.6 Å². The van der Waals surface area contributed by atoms with Gasteiger partial charge in [-0.25, -0.2) is 0 Å². The zero-order chi connectivity index (χ0) is 19.2. The zero-order valence-electron chi connectivity index (χ0n) is 16.8. The number of carbonyl (C=O) groups excluding carboxylic acids is 2. The van der Waals surface area contributed by atoms with Gasteiger partial charge >= 0.3 is 5.97 Å². The van der Waals surface area contributed by atoms with Crippen molar-refractivity contribution < 1.29 is 19.4 Å². The van der Waals surface area contributed by atoms with Gasteiger partial charge in [0, 0.05) is 17.8 Å². The molecule has 2 saturated carbocycles. The number of hydrogen-bond donors (Lipinski definition) is 1. The van der Waals surface area contributed by atoms with Gasteiger partial charge in [-0.15, -0.1) is 0 Å². The predicted molar refractivity (Wildman–Crippen MR) is 100 cm³/mol. The molecule has 2 fully saturated rings. The van der Waals surface area contributed by atoms with E-state index in [1.807, 2.05) is 6.92 Å². The molecule has 0 aromatic rings. The Morgan fingerprint density at radius 2 is 1.92 bits per heavy atom. The number of ketones is 1. The first kappa shape index (κ1) is 19.6. The summed E-state index contributed by atoms with van der Waals surface area (Å²) in [6.07, 6.45) is 9.65. The number of Topliss-reactive ketones (excluding diaryl/α,β-unsaturated/α-hetero) is 1. The van der Waals surface area contributed by atoms with Gasteiger partial charge in [-0.2, -0.15) is 0 Å². The van der Waals surface area contributed by atoms with E-state index in [0.717, 1.165) is 32.1 Å². The smallest absolute Gasteiger partial charge is 0.302 e. The molecule has 1 N–H and O–H groups in total. The third-order valence-electron chi connectivity index (χ3n) is 7.91. The summed E-state index contributed by atoms with van der Waals surface area (Å²) in [7, 11) is 0. The summed E-state index contributed by atoms with van der Waals surface area (Å²) in [6.45, 7) is 8.36. The lowest BCUT2D eigenvalue weighted by Crippen LogP contribution is -2.53. The van der Waals surface area contributed by atoms with Crippen molar-refractivity contribution in [2.45, 2.75) is 72.6 Å². The molecule has 146 valence electrons. The van der Waals surface area contributed by atoms with Crippen LogP contribution < -0.4 is 0 Å². The van der Waals surface area contributed by atoms with Gasteiger partial charge in [-0.3, -0.25) is 9.59 Å². The van der Waals surface area contributed by atoms with Crippen LogP contribution in [-0.2, 0) is 14.3 Å². The number of hydrogen-bond acceptors (Lipinski definition) is 4. The highest BCUT2D eigenvalue weighted by Gasteiger charge is 2.56. The molecule has 0 aliphatic heterocycles. The Kier molecular flexibility index (Phi) is 5.11. The monoisotopic (exact) mass is 362 g/mol. The molecule has 0 saturated heterocycles. The highest BCUT2D eigenvalue weighted by molar-refractivity contribution is 5.87. The molecule has 26 heavy (non-hydrogen) atoms. The molecule has 5 atom stereocenters. The zero-order valence-corrected chi connectivity index (χ0v) is 16.8. The number of allylic oxidation sites excluding steroid dienone is 2. The summed E-state index contributed by atoms with van der Waals surface area (Å²) in [5, 5.41) is 9.34. The summed E-state index contributed by atoms with van der Waals surface area (Å²) in [4.78, 5) is 23.6. The number of fused-ring (bicyclic) bond motifs is 3. The number of carbonyl (C=O) groups is 2. The van der Waals surface area contributed by atoms with Crippen LogP contribution in [0.3, 0.4) is 0 Å². The molecule has 0 aromatic heterocycles. The predicted octanol–water partition coefficient (Wildman–Crippen LogP) is 4.06. The van der Waals surface area contributed by atoms with Crippen molar-refractivity contribution in [3.8, 4) is 0 Å². The van der Waals surface area contributed by atoms with Gasteiger partial charge in [-0.05, 0) is 62.7 Å². The van der Waals surface area contributed by atoms with E-state index < -0.39 is 5.41 Å². The minimum Gasteiger partial charge on any atom is -0.465 e. The standard InChI is InChI=1S/C22H34O4/c1-15(24)26-14-21(3)9-5-10-22(4)17-8-11-20(2,19(25)13-23)12-16(17)6-7-18(21)22/h12,17-18,23H,5-11,13-14H2,1-4H3/t17-,18-,20+,21-,22?/m1/s1. The highest BCUT2D eigenvalue weighted by atomic mass is 16.5. The summed E-state index contributed by atoms with van der Waals surface area (Å²) in [5.74, 6) is 0.811. The fourth-order valence-corrected chi connectivity index (χ4v) is 6.47. The molecule has 3 rings (SSSR count). The normalized spacial score (nSPS) is 42.3. The molecular formula is C22H34O4. The summed E-state index contributed by atoms with van der Waals surface area (Å²) in [5.41, 5.74) is 1.18. The largest absolute Gasteiger partial charge is 0.465 e. The highest BCUT2D eigenvalue weighted by Crippen LogP contribution is 2.63. The van der Waals surface area contributed by atoms with E-state index in [0.29, 0.717) is 18.4 Å². The van der Waals surface area contributed by atoms with Crippen molar-refractivity contribution >= 4 is 11.8 Å². The molecule has 1 unspecified atom stereocenters. The van der Waals surface area contributed by atoms with Crippen molar-refractivity contribution in [2.75, 3.05) is 13.2 Å². The maximum absolute atomic E-state index is 12.2. The Hall–Kier alpha value is -1.16. The Balaban J connectivity index is 1.88. The third kappa shape index (κ3) is 3.15. The average Bonchev–Trinajstić information content (AvgIpc) is 2.58. The van der Waals surface area contributed by atoms with Gasteiger partial charge in [-0.1, -0.05) is 31.9 Å². The second-order valence-corrected chi connectivity index (χ2v) is 9.69. The van der Waals surface area contributed by atoms with Crippen molar-refractivity contribution in [1.82, 2.24) is 0 Å². The quantitative estimate of drug-likeness (QED) is 0.605. The number of aliphatic hydroxyl groups excluding tert-OH is 1. The van der Waals surface area contributed by atoms with E-state index in [2.05, 4.69) is 19.9 Å². The third-order valence-corrected chi connectivity index (χ3v) is 7.91. The van der Waals surface area contributed by atoms with Gasteiger partial charge < -0.3 is 9.84 Å². The maximum atomic E-state index is 12.2. The first-order valence-electron chi connectivity index (χ1n) is 10.1. The van der Waals surface area contributed by atoms with E-state index >= 15 is 0 Å². The second kappa shape index (κ2) is 6.78. The molecule has 0 heterocycles. The van der Waals surface area contributed by atoms with E-state index in [-0.39, 0.29) is 29.2 Å². The van der Waals surface area contributed by atoms with Crippen molar-refractivity contribution in [1.29, 1.82) is 0 Å².